The monoisotopic (exact) mass is 1300 g/mol. The van der Waals surface area contributed by atoms with Crippen molar-refractivity contribution in [3.8, 4) is 17.2 Å². The number of nitrogens with zero attached hydrogens (tertiary/aromatic N) is 7. The third-order valence-corrected chi connectivity index (χ3v) is 18.0. The van der Waals surface area contributed by atoms with Crippen molar-refractivity contribution >= 4 is 87.8 Å². The van der Waals surface area contributed by atoms with Crippen molar-refractivity contribution in [2.24, 2.45) is 23.7 Å². The van der Waals surface area contributed by atoms with Gasteiger partial charge in [-0.2, -0.15) is 0 Å². The number of ether oxygens (including phenoxy) is 3. The summed E-state index contributed by atoms with van der Waals surface area (Å²) in [5, 5.41) is 10.7. The zero-order chi connectivity index (χ0) is 69.3. The van der Waals surface area contributed by atoms with E-state index in [2.05, 4.69) is 21.3 Å². The molecule has 29 heteroatoms. The van der Waals surface area contributed by atoms with Crippen molar-refractivity contribution in [1.82, 2.24) is 55.7 Å². The van der Waals surface area contributed by atoms with Crippen LogP contribution in [0, 0.1) is 37.5 Å². The number of carbonyl (C=O) groups is 12. The van der Waals surface area contributed by atoms with Crippen molar-refractivity contribution in [3.63, 3.8) is 0 Å². The standard InChI is InChI=1S/C64H90N12O17/c1-18-90-39-25-36(55(80)69-46-34(12)91-63(88)50(30(6)7)73(16)40(77)26-71(14)59(84)37-21-19-23-75(37)61(86)44(28(2)3)67-57(46)82)48-53(32(39)10)93-54-33(11)52(79)43(65)42(49(54)66-48)56(81)70-47-35(13)92-64(89)51(31(8)9)74(17)41(78)27-72(15)60(85)38-22-20-24-76(38)62(87)45(29(4)5)68-58(47)83/h25,28-31,34-35,37-38,44-47,50-51H,18-24,26-27,65H2,1-17H3,(H,67,82)(H,68,83)(H,69,80)(H,70,81)/t34-,35+,37-,38+,44-,45+,46+,47-,50+,51-/m1/s1. The minimum Gasteiger partial charge on any atom is -0.493 e. The number of nitrogen functional groups attached to an aromatic ring is 1. The minimum atomic E-state index is -1.90. The maximum absolute atomic E-state index is 15.4. The van der Waals surface area contributed by atoms with E-state index >= 15 is 14.4 Å². The number of anilines is 1. The molecule has 93 heavy (non-hydrogen) atoms. The van der Waals surface area contributed by atoms with Gasteiger partial charge in [-0.3, -0.25) is 52.7 Å². The van der Waals surface area contributed by atoms with E-state index in [4.69, 9.17) is 29.3 Å². The summed E-state index contributed by atoms with van der Waals surface area (Å²) in [6.07, 6.45) is -1.74. The van der Waals surface area contributed by atoms with Crippen molar-refractivity contribution in [2.45, 2.75) is 176 Å². The molecule has 29 nitrogen and oxygen atoms in total. The number of amides is 10. The summed E-state index contributed by atoms with van der Waals surface area (Å²) in [4.78, 5) is 201. The van der Waals surface area contributed by atoms with Crippen molar-refractivity contribution in [2.75, 3.05) is 66.7 Å². The maximum Gasteiger partial charge on any atom is 0.329 e. The summed E-state index contributed by atoms with van der Waals surface area (Å²) >= 11 is 0. The average Bonchev–Trinajstić information content (AvgIpc) is 1.37. The van der Waals surface area contributed by atoms with Gasteiger partial charge in [0.05, 0.1) is 36.5 Å². The fourth-order valence-corrected chi connectivity index (χ4v) is 12.6. The molecule has 5 aliphatic heterocycles. The second kappa shape index (κ2) is 28.9. The van der Waals surface area contributed by atoms with Crippen LogP contribution >= 0.6 is 0 Å². The molecule has 0 bridgehead atoms. The molecule has 0 saturated carbocycles. The third kappa shape index (κ3) is 14.5. The van der Waals surface area contributed by atoms with Gasteiger partial charge in [0.2, 0.25) is 52.7 Å². The largest absolute Gasteiger partial charge is 0.493 e. The molecule has 1 aliphatic carbocycles. The highest BCUT2D eigenvalue weighted by Crippen LogP contribution is 2.38. The van der Waals surface area contributed by atoms with Crippen LogP contribution in [0.5, 0.6) is 5.75 Å². The van der Waals surface area contributed by atoms with E-state index < -0.39 is 191 Å². The van der Waals surface area contributed by atoms with Gasteiger partial charge >= 0.3 is 11.9 Å². The smallest absolute Gasteiger partial charge is 0.329 e. The zero-order valence-corrected chi connectivity index (χ0v) is 56.2. The SMILES string of the molecule is CCOc1cc(C(=O)N[C@@H]2C(=O)N[C@H](C(C)C)C(=O)N3CCC[C@@H]3C(=O)N(C)CC(=O)N(C)[C@@H](C(C)C)C(=O)O[C@@H]2C)c2nc3c(C(=O)N[C@H]4C(=O)N[C@@H](C(C)C)C(=O)N5CCC[C@H]5C(=O)N(C)CC(=O)N(C)[C@H](C(C)C)C(=O)O[C@H]4C)c(N)c(=O)c(C)c-3oc2c1C. The predicted octanol–water partition coefficient (Wildman–Crippen LogP) is 1.12. The van der Waals surface area contributed by atoms with Gasteiger partial charge in [-0.15, -0.1) is 0 Å². The van der Waals surface area contributed by atoms with Gasteiger partial charge < -0.3 is 75.0 Å². The zero-order valence-electron chi connectivity index (χ0n) is 56.2. The molecule has 0 spiro atoms. The molecule has 508 valence electrons. The molecular weight excluding hydrogens is 1210 g/mol. The normalized spacial score (nSPS) is 25.7. The van der Waals surface area contributed by atoms with Crippen LogP contribution in [0.15, 0.2) is 15.3 Å². The van der Waals surface area contributed by atoms with Crippen LogP contribution in [0.4, 0.5) is 5.69 Å². The highest BCUT2D eigenvalue weighted by atomic mass is 16.6. The molecule has 4 saturated heterocycles. The number of cyclic esters (lactones) is 2. The van der Waals surface area contributed by atoms with Crippen LogP contribution in [0.1, 0.15) is 134 Å². The Hall–Kier alpha value is -8.92. The molecular formula is C64H90N12O17. The van der Waals surface area contributed by atoms with Crippen LogP contribution in [0.3, 0.4) is 0 Å². The summed E-state index contributed by atoms with van der Waals surface area (Å²) in [6.45, 7) is 20.0. The second-order valence-corrected chi connectivity index (χ2v) is 26.1. The van der Waals surface area contributed by atoms with Gasteiger partial charge in [0.1, 0.15) is 77.5 Å². The number of aryl methyl sites for hydroxylation is 1. The highest BCUT2D eigenvalue weighted by Gasteiger charge is 2.47. The number of esters is 2. The van der Waals surface area contributed by atoms with Crippen LogP contribution < -0.4 is 37.2 Å². The van der Waals surface area contributed by atoms with E-state index in [1.54, 1.807) is 69.2 Å². The summed E-state index contributed by atoms with van der Waals surface area (Å²) in [7, 11) is 5.57. The molecule has 6 N–H and O–H groups in total. The van der Waals surface area contributed by atoms with Crippen LogP contribution in [-0.4, -0.2) is 227 Å². The first-order chi connectivity index (χ1) is 43.6. The first kappa shape index (κ1) is 71.5. The number of benzene rings is 2. The van der Waals surface area contributed by atoms with Gasteiger partial charge in [-0.1, -0.05) is 55.4 Å². The van der Waals surface area contributed by atoms with E-state index in [1.807, 2.05) is 0 Å². The highest BCUT2D eigenvalue weighted by molar-refractivity contribution is 6.11. The second-order valence-electron chi connectivity index (χ2n) is 26.1. The number of likely N-dealkylation sites (N-methyl/N-ethyl adjacent to an activating group) is 4. The number of aromatic nitrogens is 1. The molecule has 0 radical (unpaired) electrons. The molecule has 10 atom stereocenters. The molecule has 10 amide bonds. The van der Waals surface area contributed by atoms with Gasteiger partial charge in [-0.25, -0.2) is 14.6 Å². The Labute approximate surface area is 540 Å². The van der Waals surface area contributed by atoms with Gasteiger partial charge in [0.25, 0.3) is 11.8 Å². The lowest BCUT2D eigenvalue weighted by Crippen LogP contribution is -2.61. The Morgan fingerprint density at radius 1 is 0.645 bits per heavy atom. The lowest BCUT2D eigenvalue weighted by molar-refractivity contribution is -0.163. The van der Waals surface area contributed by atoms with Crippen LogP contribution in [0.25, 0.3) is 22.6 Å². The molecule has 0 aromatic heterocycles. The fourth-order valence-electron chi connectivity index (χ4n) is 12.6. The predicted molar refractivity (Wildman–Crippen MR) is 337 cm³/mol. The topological polar surface area (TPSA) is 369 Å². The Kier molecular flexibility index (Phi) is 22.3. The Morgan fingerprint density at radius 2 is 1.08 bits per heavy atom. The molecule has 6 aliphatic rings. The maximum atomic E-state index is 15.4. The third-order valence-electron chi connectivity index (χ3n) is 18.0. The molecule has 0 unspecified atom stereocenters. The molecule has 1 aromatic carbocycles. The quantitative estimate of drug-likeness (QED) is 0.108. The molecule has 4 fully saturated rings. The Bertz CT molecular complexity index is 3510. The first-order valence-corrected chi connectivity index (χ1v) is 31.6. The summed E-state index contributed by atoms with van der Waals surface area (Å²) < 4.78 is 24.5. The summed E-state index contributed by atoms with van der Waals surface area (Å²) in [6, 6.07) is -9.59. The van der Waals surface area contributed by atoms with E-state index in [0.29, 0.717) is 12.8 Å². The number of nitrogens with two attached hydrogens (primary N) is 1. The van der Waals surface area contributed by atoms with E-state index in [-0.39, 0.29) is 71.8 Å². The summed E-state index contributed by atoms with van der Waals surface area (Å²) in [5.41, 5.74) is 3.15. The summed E-state index contributed by atoms with van der Waals surface area (Å²) in [5.74, 6) is -12.6. The minimum absolute atomic E-state index is 0.0485. The lowest BCUT2D eigenvalue weighted by Gasteiger charge is -2.36. The van der Waals surface area contributed by atoms with Gasteiger partial charge in [0.15, 0.2) is 11.3 Å². The molecule has 5 heterocycles. The van der Waals surface area contributed by atoms with Crippen molar-refractivity contribution in [3.05, 3.63) is 38.5 Å². The van der Waals surface area contributed by atoms with Gasteiger partial charge in [-0.05, 0) is 90.0 Å². The van der Waals surface area contributed by atoms with E-state index in [1.165, 1.54) is 74.6 Å². The lowest BCUT2D eigenvalue weighted by atomic mass is 9.98. The van der Waals surface area contributed by atoms with Crippen molar-refractivity contribution < 1.29 is 76.2 Å². The fraction of sp³-hybridized carbons (Fsp3) is 0.625. The number of carbonyl (C=O) groups excluding carboxylic acids is 12. The number of rotatable bonds is 10. The molecule has 1 aromatic rings. The average molecular weight is 1300 g/mol. The molecule has 7 rings (SSSR count). The van der Waals surface area contributed by atoms with E-state index in [0.717, 1.165) is 9.80 Å². The van der Waals surface area contributed by atoms with Crippen molar-refractivity contribution in [1.29, 1.82) is 0 Å². The van der Waals surface area contributed by atoms with Crippen LogP contribution in [0.2, 0.25) is 0 Å². The number of fused-ring (bicyclic) bond motifs is 4. The Balaban J connectivity index is 1.36. The Morgan fingerprint density at radius 3 is 1.48 bits per heavy atom. The first-order valence-electron chi connectivity index (χ1n) is 31.6. The van der Waals surface area contributed by atoms with Crippen LogP contribution in [-0.2, 0) is 57.4 Å². The van der Waals surface area contributed by atoms with Gasteiger partial charge in [0, 0.05) is 52.4 Å². The number of hydrogen-bond donors (Lipinski definition) is 5. The number of hydrogen-bond acceptors (Lipinski definition) is 19. The number of nitrogens with one attached hydrogen (secondary N) is 4. The van der Waals surface area contributed by atoms with E-state index in [9.17, 15) is 47.9 Å².